The van der Waals surface area contributed by atoms with E-state index in [1.165, 1.54) is 4.90 Å². The van der Waals surface area contributed by atoms with Gasteiger partial charge >= 0.3 is 0 Å². The van der Waals surface area contributed by atoms with Crippen molar-refractivity contribution >= 4 is 40.7 Å². The van der Waals surface area contributed by atoms with E-state index in [0.29, 0.717) is 31.9 Å². The van der Waals surface area contributed by atoms with E-state index in [-0.39, 0.29) is 21.9 Å². The Labute approximate surface area is 174 Å². The molecule has 0 radical (unpaired) electrons. The maximum atomic E-state index is 12.2. The number of benzene rings is 1. The zero-order chi connectivity index (χ0) is 20.0. The van der Waals surface area contributed by atoms with Gasteiger partial charge < -0.3 is 19.4 Å². The van der Waals surface area contributed by atoms with Crippen LogP contribution in [0.1, 0.15) is 5.56 Å². The number of piperazine rings is 1. The molecule has 1 aromatic rings. The second-order valence-electron chi connectivity index (χ2n) is 7.46. The predicted molar refractivity (Wildman–Crippen MR) is 107 cm³/mol. The molecule has 3 aliphatic rings. The fourth-order valence-corrected chi connectivity index (χ4v) is 4.16. The second-order valence-corrected chi connectivity index (χ2v) is 8.25. The van der Waals surface area contributed by atoms with Crippen LogP contribution in [0, 0.1) is 0 Å². The quantitative estimate of drug-likeness (QED) is 0.738. The molecule has 28 heavy (non-hydrogen) atoms. The first-order valence-corrected chi connectivity index (χ1v) is 9.94. The van der Waals surface area contributed by atoms with Crippen molar-refractivity contribution in [1.29, 1.82) is 0 Å². The van der Waals surface area contributed by atoms with Gasteiger partial charge in [-0.25, -0.2) is 0 Å². The molecular weight excluding hydrogens is 403 g/mol. The molecule has 1 aromatic carbocycles. The van der Waals surface area contributed by atoms with Gasteiger partial charge in [0.25, 0.3) is 5.91 Å². The van der Waals surface area contributed by atoms with E-state index in [0.717, 1.165) is 24.3 Å². The van der Waals surface area contributed by atoms with Crippen LogP contribution in [-0.2, 0) is 16.1 Å². The SMILES string of the molecule is CN(C)CC(=O)N1CCN(c2ccc3c(c2)OC2C(Cl)=C(Cl)C(=O)N2C3)CC1. The van der Waals surface area contributed by atoms with E-state index < -0.39 is 6.23 Å². The summed E-state index contributed by atoms with van der Waals surface area (Å²) in [5.41, 5.74) is 1.95. The van der Waals surface area contributed by atoms with Gasteiger partial charge in [-0.1, -0.05) is 29.3 Å². The van der Waals surface area contributed by atoms with Crippen molar-refractivity contribution in [2.45, 2.75) is 12.8 Å². The van der Waals surface area contributed by atoms with Gasteiger partial charge in [-0.2, -0.15) is 0 Å². The Kier molecular flexibility index (Phi) is 5.16. The smallest absolute Gasteiger partial charge is 0.270 e. The molecule has 3 aliphatic heterocycles. The zero-order valence-corrected chi connectivity index (χ0v) is 17.3. The Hall–Kier alpha value is -1.96. The van der Waals surface area contributed by atoms with Crippen LogP contribution in [0.4, 0.5) is 5.69 Å². The number of likely N-dealkylation sites (N-methyl/N-ethyl adjacent to an activating group) is 1. The van der Waals surface area contributed by atoms with Crippen LogP contribution < -0.4 is 9.64 Å². The zero-order valence-electron chi connectivity index (χ0n) is 15.8. The number of anilines is 1. The Morgan fingerprint density at radius 3 is 2.61 bits per heavy atom. The lowest BCUT2D eigenvalue weighted by Gasteiger charge is -2.37. The summed E-state index contributed by atoms with van der Waals surface area (Å²) in [4.78, 5) is 31.9. The molecule has 3 heterocycles. The Morgan fingerprint density at radius 2 is 1.93 bits per heavy atom. The van der Waals surface area contributed by atoms with Crippen molar-refractivity contribution in [3.8, 4) is 5.75 Å². The van der Waals surface area contributed by atoms with Gasteiger partial charge in [0.2, 0.25) is 12.1 Å². The Balaban J connectivity index is 1.45. The van der Waals surface area contributed by atoms with Crippen LogP contribution >= 0.6 is 23.2 Å². The summed E-state index contributed by atoms with van der Waals surface area (Å²) in [6.45, 7) is 3.76. The molecule has 0 bridgehead atoms. The van der Waals surface area contributed by atoms with Crippen molar-refractivity contribution in [1.82, 2.24) is 14.7 Å². The number of rotatable bonds is 3. The highest BCUT2D eigenvalue weighted by Crippen LogP contribution is 2.40. The van der Waals surface area contributed by atoms with Crippen LogP contribution in [0.2, 0.25) is 0 Å². The molecule has 0 N–H and O–H groups in total. The lowest BCUT2D eigenvalue weighted by Crippen LogP contribution is -2.50. The molecule has 0 aromatic heterocycles. The molecule has 9 heteroatoms. The Bertz CT molecular complexity index is 850. The van der Waals surface area contributed by atoms with Crippen LogP contribution in [0.3, 0.4) is 0 Å². The minimum absolute atomic E-state index is 0.0261. The summed E-state index contributed by atoms with van der Waals surface area (Å²) >= 11 is 12.2. The van der Waals surface area contributed by atoms with Crippen molar-refractivity contribution < 1.29 is 14.3 Å². The van der Waals surface area contributed by atoms with Crippen LogP contribution in [-0.4, -0.2) is 79.6 Å². The van der Waals surface area contributed by atoms with E-state index >= 15 is 0 Å². The molecule has 1 atom stereocenters. The fourth-order valence-electron chi connectivity index (χ4n) is 3.72. The second kappa shape index (κ2) is 7.46. The third kappa shape index (κ3) is 3.43. The topological polar surface area (TPSA) is 56.3 Å². The molecule has 1 fully saturated rings. The number of hydrogen-bond donors (Lipinski definition) is 0. The lowest BCUT2D eigenvalue weighted by atomic mass is 10.1. The third-order valence-electron chi connectivity index (χ3n) is 5.24. The van der Waals surface area contributed by atoms with Gasteiger partial charge in [-0.3, -0.25) is 14.5 Å². The van der Waals surface area contributed by atoms with E-state index in [2.05, 4.69) is 4.90 Å². The van der Waals surface area contributed by atoms with E-state index in [4.69, 9.17) is 27.9 Å². The largest absolute Gasteiger partial charge is 0.465 e. The minimum Gasteiger partial charge on any atom is -0.465 e. The first kappa shape index (κ1) is 19.4. The van der Waals surface area contributed by atoms with Gasteiger partial charge in [-0.15, -0.1) is 0 Å². The number of fused-ring (bicyclic) bond motifs is 2. The summed E-state index contributed by atoms with van der Waals surface area (Å²) in [6, 6.07) is 5.97. The first-order chi connectivity index (χ1) is 13.3. The van der Waals surface area contributed by atoms with Crippen molar-refractivity contribution in [2.75, 3.05) is 51.7 Å². The monoisotopic (exact) mass is 424 g/mol. The molecule has 0 saturated carbocycles. The van der Waals surface area contributed by atoms with E-state index in [9.17, 15) is 9.59 Å². The number of carbonyl (C=O) groups is 2. The predicted octanol–water partition coefficient (Wildman–Crippen LogP) is 1.65. The van der Waals surface area contributed by atoms with E-state index in [1.807, 2.05) is 42.1 Å². The summed E-state index contributed by atoms with van der Waals surface area (Å²) < 4.78 is 5.98. The maximum Gasteiger partial charge on any atom is 0.270 e. The normalized spacial score (nSPS) is 21.8. The molecule has 4 rings (SSSR count). The molecule has 1 saturated heterocycles. The third-order valence-corrected chi connectivity index (χ3v) is 6.07. The summed E-state index contributed by atoms with van der Waals surface area (Å²) in [7, 11) is 3.80. The molecular formula is C19H22Cl2N4O3. The van der Waals surface area contributed by atoms with Gasteiger partial charge in [0, 0.05) is 43.5 Å². The van der Waals surface area contributed by atoms with E-state index in [1.54, 1.807) is 0 Å². The number of halogens is 2. The molecule has 2 amide bonds. The number of amides is 2. The summed E-state index contributed by atoms with van der Waals surface area (Å²) in [6.07, 6.45) is -0.648. The minimum atomic E-state index is -0.648. The maximum absolute atomic E-state index is 12.2. The van der Waals surface area contributed by atoms with Crippen LogP contribution in [0.25, 0.3) is 0 Å². The first-order valence-electron chi connectivity index (χ1n) is 9.18. The highest BCUT2D eigenvalue weighted by atomic mass is 35.5. The average Bonchev–Trinajstić information content (AvgIpc) is 2.89. The summed E-state index contributed by atoms with van der Waals surface area (Å²) in [5, 5.41) is 0.258. The van der Waals surface area contributed by atoms with Gasteiger partial charge in [0.15, 0.2) is 0 Å². The van der Waals surface area contributed by atoms with Crippen LogP contribution in [0.5, 0.6) is 5.75 Å². The standard InChI is InChI=1S/C19H22Cl2N4O3/c1-22(2)11-15(26)24-7-5-23(6-8-24)13-4-3-12-10-25-18(27)16(20)17(21)19(25)28-14(12)9-13/h3-4,9,19H,5-8,10-11H2,1-2H3. The lowest BCUT2D eigenvalue weighted by molar-refractivity contribution is -0.133. The number of ether oxygens (including phenoxy) is 1. The number of nitrogens with zero attached hydrogens (tertiary/aromatic N) is 4. The highest BCUT2D eigenvalue weighted by molar-refractivity contribution is 6.49. The summed E-state index contributed by atoms with van der Waals surface area (Å²) in [5.74, 6) is 0.565. The van der Waals surface area contributed by atoms with Crippen molar-refractivity contribution in [3.05, 3.63) is 33.8 Å². The number of hydrogen-bond acceptors (Lipinski definition) is 5. The van der Waals surface area contributed by atoms with Gasteiger partial charge in [0.05, 0.1) is 13.1 Å². The number of carbonyl (C=O) groups excluding carboxylic acids is 2. The van der Waals surface area contributed by atoms with Crippen LogP contribution in [0.15, 0.2) is 28.3 Å². The Morgan fingerprint density at radius 1 is 1.21 bits per heavy atom. The average molecular weight is 425 g/mol. The van der Waals surface area contributed by atoms with Crippen molar-refractivity contribution in [2.24, 2.45) is 0 Å². The molecule has 1 unspecified atom stereocenters. The highest BCUT2D eigenvalue weighted by Gasteiger charge is 2.42. The van der Waals surface area contributed by atoms with Gasteiger partial charge in [-0.05, 0) is 20.2 Å². The molecule has 150 valence electrons. The molecule has 0 aliphatic carbocycles. The van der Waals surface area contributed by atoms with Gasteiger partial charge in [0.1, 0.15) is 15.8 Å². The fraction of sp³-hybridized carbons (Fsp3) is 0.474. The van der Waals surface area contributed by atoms with Crippen molar-refractivity contribution in [3.63, 3.8) is 0 Å². The molecule has 0 spiro atoms. The molecule has 7 nitrogen and oxygen atoms in total.